The summed E-state index contributed by atoms with van der Waals surface area (Å²) in [4.78, 5) is 23.9. The van der Waals surface area contributed by atoms with Gasteiger partial charge in [-0.1, -0.05) is 6.92 Å². The van der Waals surface area contributed by atoms with Gasteiger partial charge >= 0.3 is 6.03 Å². The van der Waals surface area contributed by atoms with Gasteiger partial charge in [-0.2, -0.15) is 0 Å². The molecule has 0 aliphatic carbocycles. The zero-order chi connectivity index (χ0) is 18.0. The maximum atomic E-state index is 12.2. The Balaban J connectivity index is 2.44. The van der Waals surface area contributed by atoms with E-state index in [2.05, 4.69) is 16.0 Å². The van der Waals surface area contributed by atoms with Crippen LogP contribution < -0.4 is 16.0 Å². The standard InChI is InChI=1S/C18H29N3O3/c1-5-18(3,4)21-16(22)14-8-10-15(11-9-14)20-17(23)19-12-7-13-24-6-2/h8-11H,5-7,12-13H2,1-4H3,(H,21,22)(H2,19,20,23). The van der Waals surface area contributed by atoms with E-state index < -0.39 is 0 Å². The van der Waals surface area contributed by atoms with Crippen LogP contribution in [0, 0.1) is 0 Å². The van der Waals surface area contributed by atoms with E-state index in [4.69, 9.17) is 4.74 Å². The molecule has 0 atom stereocenters. The van der Waals surface area contributed by atoms with Crippen LogP contribution in [0.5, 0.6) is 0 Å². The maximum absolute atomic E-state index is 12.2. The minimum atomic E-state index is -0.268. The van der Waals surface area contributed by atoms with E-state index in [1.54, 1.807) is 24.3 Å². The fourth-order valence-electron chi connectivity index (χ4n) is 1.87. The molecule has 0 aliphatic rings. The molecule has 1 aromatic carbocycles. The number of hydrogen-bond donors (Lipinski definition) is 3. The summed E-state index contributed by atoms with van der Waals surface area (Å²) in [7, 11) is 0. The molecule has 0 saturated heterocycles. The molecule has 3 N–H and O–H groups in total. The monoisotopic (exact) mass is 335 g/mol. The molecule has 0 aromatic heterocycles. The van der Waals surface area contributed by atoms with Crippen molar-refractivity contribution in [3.8, 4) is 0 Å². The van der Waals surface area contributed by atoms with Gasteiger partial charge in [0.15, 0.2) is 0 Å². The molecule has 0 heterocycles. The van der Waals surface area contributed by atoms with Crippen molar-refractivity contribution >= 4 is 17.6 Å². The molecule has 0 bridgehead atoms. The number of anilines is 1. The third-order valence-electron chi connectivity index (χ3n) is 3.70. The third-order valence-corrected chi connectivity index (χ3v) is 3.70. The molecule has 0 aliphatic heterocycles. The zero-order valence-corrected chi connectivity index (χ0v) is 15.1. The Morgan fingerprint density at radius 3 is 2.38 bits per heavy atom. The summed E-state index contributed by atoms with van der Waals surface area (Å²) >= 11 is 0. The molecule has 0 fully saturated rings. The van der Waals surface area contributed by atoms with E-state index in [-0.39, 0.29) is 17.5 Å². The number of ether oxygens (including phenoxy) is 1. The third kappa shape index (κ3) is 7.46. The van der Waals surface area contributed by atoms with Gasteiger partial charge in [0, 0.05) is 36.5 Å². The zero-order valence-electron chi connectivity index (χ0n) is 15.1. The van der Waals surface area contributed by atoms with Gasteiger partial charge in [-0.15, -0.1) is 0 Å². The van der Waals surface area contributed by atoms with Gasteiger partial charge < -0.3 is 20.7 Å². The largest absolute Gasteiger partial charge is 0.382 e. The number of carbonyl (C=O) groups excluding carboxylic acids is 2. The average Bonchev–Trinajstić information content (AvgIpc) is 2.55. The fraction of sp³-hybridized carbons (Fsp3) is 0.556. The number of amides is 3. The molecule has 6 nitrogen and oxygen atoms in total. The molecular formula is C18H29N3O3. The van der Waals surface area contributed by atoms with Crippen molar-refractivity contribution in [2.75, 3.05) is 25.1 Å². The Morgan fingerprint density at radius 1 is 1.12 bits per heavy atom. The van der Waals surface area contributed by atoms with Crippen molar-refractivity contribution in [3.63, 3.8) is 0 Å². The van der Waals surface area contributed by atoms with Crippen molar-refractivity contribution < 1.29 is 14.3 Å². The van der Waals surface area contributed by atoms with Crippen LogP contribution in [0.15, 0.2) is 24.3 Å². The van der Waals surface area contributed by atoms with E-state index in [1.165, 1.54) is 0 Å². The van der Waals surface area contributed by atoms with Crippen LogP contribution in [-0.4, -0.2) is 37.2 Å². The Hall–Kier alpha value is -2.08. The molecular weight excluding hydrogens is 306 g/mol. The molecule has 24 heavy (non-hydrogen) atoms. The van der Waals surface area contributed by atoms with Crippen molar-refractivity contribution in [2.45, 2.75) is 46.1 Å². The number of nitrogens with one attached hydrogen (secondary N) is 3. The molecule has 0 unspecified atom stereocenters. The van der Waals surface area contributed by atoms with E-state index in [9.17, 15) is 9.59 Å². The lowest BCUT2D eigenvalue weighted by Gasteiger charge is -2.24. The highest BCUT2D eigenvalue weighted by Gasteiger charge is 2.18. The first kappa shape index (κ1) is 20.0. The SMILES string of the molecule is CCOCCCNC(=O)Nc1ccc(C(=O)NC(C)(C)CC)cc1. The minimum absolute atomic E-state index is 0.117. The van der Waals surface area contributed by atoms with E-state index >= 15 is 0 Å². The smallest absolute Gasteiger partial charge is 0.319 e. The van der Waals surface area contributed by atoms with Gasteiger partial charge in [-0.3, -0.25) is 4.79 Å². The van der Waals surface area contributed by atoms with E-state index in [0.29, 0.717) is 31.0 Å². The highest BCUT2D eigenvalue weighted by molar-refractivity contribution is 5.95. The first-order chi connectivity index (χ1) is 11.4. The fourth-order valence-corrected chi connectivity index (χ4v) is 1.87. The van der Waals surface area contributed by atoms with Gasteiger partial charge in [0.25, 0.3) is 5.91 Å². The minimum Gasteiger partial charge on any atom is -0.382 e. The molecule has 6 heteroatoms. The lowest BCUT2D eigenvalue weighted by atomic mass is 10.0. The number of urea groups is 1. The van der Waals surface area contributed by atoms with Crippen LogP contribution in [0.25, 0.3) is 0 Å². The van der Waals surface area contributed by atoms with E-state index in [1.807, 2.05) is 27.7 Å². The number of hydrogen-bond acceptors (Lipinski definition) is 3. The predicted octanol–water partition coefficient (Wildman–Crippen LogP) is 3.15. The highest BCUT2D eigenvalue weighted by atomic mass is 16.5. The second-order valence-electron chi connectivity index (χ2n) is 6.20. The molecule has 1 rings (SSSR count). The predicted molar refractivity (Wildman–Crippen MR) is 96.4 cm³/mol. The van der Waals surface area contributed by atoms with Crippen LogP contribution in [0.4, 0.5) is 10.5 Å². The Bertz CT molecular complexity index is 527. The normalized spacial score (nSPS) is 11.0. The van der Waals surface area contributed by atoms with Gasteiger partial charge in [-0.05, 0) is 57.9 Å². The average molecular weight is 335 g/mol. The number of carbonyl (C=O) groups is 2. The number of rotatable bonds is 9. The second kappa shape index (κ2) is 9.93. The summed E-state index contributed by atoms with van der Waals surface area (Å²) in [5, 5.41) is 8.47. The maximum Gasteiger partial charge on any atom is 0.319 e. The first-order valence-corrected chi connectivity index (χ1v) is 8.43. The van der Waals surface area contributed by atoms with Crippen molar-refractivity contribution in [2.24, 2.45) is 0 Å². The summed E-state index contributed by atoms with van der Waals surface area (Å²) in [5.41, 5.74) is 0.970. The van der Waals surface area contributed by atoms with Crippen LogP contribution >= 0.6 is 0 Å². The summed E-state index contributed by atoms with van der Waals surface area (Å²) in [6.07, 6.45) is 1.62. The molecule has 1 aromatic rings. The second-order valence-corrected chi connectivity index (χ2v) is 6.20. The highest BCUT2D eigenvalue weighted by Crippen LogP contribution is 2.12. The van der Waals surface area contributed by atoms with Gasteiger partial charge in [-0.25, -0.2) is 4.79 Å². The van der Waals surface area contributed by atoms with Crippen LogP contribution in [0.3, 0.4) is 0 Å². The molecule has 3 amide bonds. The van der Waals surface area contributed by atoms with Gasteiger partial charge in [0.1, 0.15) is 0 Å². The Kier molecular flexibility index (Phi) is 8.26. The summed E-state index contributed by atoms with van der Waals surface area (Å²) in [5.74, 6) is -0.117. The van der Waals surface area contributed by atoms with Crippen molar-refractivity contribution in [3.05, 3.63) is 29.8 Å². The topological polar surface area (TPSA) is 79.5 Å². The molecule has 0 saturated carbocycles. The summed E-state index contributed by atoms with van der Waals surface area (Å²) < 4.78 is 5.20. The summed E-state index contributed by atoms with van der Waals surface area (Å²) in [6.45, 7) is 9.80. The van der Waals surface area contributed by atoms with Crippen molar-refractivity contribution in [1.29, 1.82) is 0 Å². The summed E-state index contributed by atoms with van der Waals surface area (Å²) in [6, 6.07) is 6.56. The number of benzene rings is 1. The molecule has 134 valence electrons. The van der Waals surface area contributed by atoms with E-state index in [0.717, 1.165) is 12.8 Å². The quantitative estimate of drug-likeness (QED) is 0.607. The Morgan fingerprint density at radius 2 is 1.79 bits per heavy atom. The lowest BCUT2D eigenvalue weighted by molar-refractivity contribution is 0.0911. The molecule has 0 radical (unpaired) electrons. The lowest BCUT2D eigenvalue weighted by Crippen LogP contribution is -2.42. The van der Waals surface area contributed by atoms with Crippen LogP contribution in [-0.2, 0) is 4.74 Å². The molecule has 0 spiro atoms. The first-order valence-electron chi connectivity index (χ1n) is 8.43. The van der Waals surface area contributed by atoms with Gasteiger partial charge in [0.05, 0.1) is 0 Å². The van der Waals surface area contributed by atoms with Crippen LogP contribution in [0.1, 0.15) is 50.9 Å². The van der Waals surface area contributed by atoms with Gasteiger partial charge in [0.2, 0.25) is 0 Å². The van der Waals surface area contributed by atoms with Crippen LogP contribution in [0.2, 0.25) is 0 Å². The Labute approximate surface area is 144 Å². The van der Waals surface area contributed by atoms with Crippen molar-refractivity contribution in [1.82, 2.24) is 10.6 Å².